The normalized spacial score (nSPS) is 36.1. The molecule has 0 spiro atoms. The molecule has 2 aliphatic carbocycles. The van der Waals surface area contributed by atoms with Crippen LogP contribution in [0.5, 0.6) is 0 Å². The second-order valence-electron chi connectivity index (χ2n) is 5.05. The molecular weight excluding hydrogens is 172 g/mol. The molecular formula is C12H18N2. The number of imidazole rings is 1. The van der Waals surface area contributed by atoms with Gasteiger partial charge in [0.05, 0.1) is 12.0 Å². The summed E-state index contributed by atoms with van der Waals surface area (Å²) in [6, 6.07) is 0. The minimum Gasteiger partial charge on any atom is -0.351 e. The third-order valence-corrected chi connectivity index (χ3v) is 4.14. The van der Waals surface area contributed by atoms with E-state index in [2.05, 4.69) is 9.97 Å². The summed E-state index contributed by atoms with van der Waals surface area (Å²) in [4.78, 5) is 7.36. The fourth-order valence-corrected chi connectivity index (χ4v) is 3.55. The first-order valence-electron chi connectivity index (χ1n) is 5.89. The number of nitrogens with one attached hydrogen (secondary N) is 1. The van der Waals surface area contributed by atoms with E-state index in [1.54, 1.807) is 6.33 Å². The minimum atomic E-state index is 0.925. The maximum absolute atomic E-state index is 4.32. The summed E-state index contributed by atoms with van der Waals surface area (Å²) < 4.78 is 0. The third-order valence-electron chi connectivity index (χ3n) is 4.14. The molecule has 76 valence electrons. The second-order valence-corrected chi connectivity index (χ2v) is 5.05. The summed E-state index contributed by atoms with van der Waals surface area (Å²) in [6.45, 7) is 0. The van der Waals surface area contributed by atoms with Crippen molar-refractivity contribution in [3.05, 3.63) is 18.2 Å². The van der Waals surface area contributed by atoms with Gasteiger partial charge in [-0.3, -0.25) is 0 Å². The number of nitrogens with zero attached hydrogens (tertiary/aromatic N) is 1. The highest BCUT2D eigenvalue weighted by atomic mass is 14.9. The maximum atomic E-state index is 4.32. The average molecular weight is 190 g/mol. The van der Waals surface area contributed by atoms with Crippen molar-refractivity contribution in [2.75, 3.05) is 0 Å². The second kappa shape index (κ2) is 3.41. The van der Waals surface area contributed by atoms with E-state index in [-0.39, 0.29) is 0 Å². The van der Waals surface area contributed by atoms with Gasteiger partial charge in [-0.1, -0.05) is 19.3 Å². The van der Waals surface area contributed by atoms with Crippen molar-refractivity contribution in [2.45, 2.75) is 38.5 Å². The van der Waals surface area contributed by atoms with Crippen molar-refractivity contribution in [3.63, 3.8) is 0 Å². The number of aromatic amines is 1. The van der Waals surface area contributed by atoms with Crippen LogP contribution < -0.4 is 0 Å². The van der Waals surface area contributed by atoms with Crippen LogP contribution in [0.3, 0.4) is 0 Å². The van der Waals surface area contributed by atoms with Gasteiger partial charge in [0.15, 0.2) is 0 Å². The molecule has 2 fully saturated rings. The van der Waals surface area contributed by atoms with Gasteiger partial charge in [-0.05, 0) is 37.0 Å². The first-order chi connectivity index (χ1) is 6.92. The fourth-order valence-electron chi connectivity index (χ4n) is 3.55. The zero-order chi connectivity index (χ0) is 9.38. The van der Waals surface area contributed by atoms with Crippen molar-refractivity contribution in [2.24, 2.45) is 17.8 Å². The predicted octanol–water partition coefficient (Wildman–Crippen LogP) is 2.78. The van der Waals surface area contributed by atoms with Crippen LogP contribution in [-0.4, -0.2) is 9.97 Å². The molecule has 0 aliphatic heterocycles. The van der Waals surface area contributed by atoms with Gasteiger partial charge in [-0.15, -0.1) is 0 Å². The first-order valence-corrected chi connectivity index (χ1v) is 5.89. The van der Waals surface area contributed by atoms with Gasteiger partial charge in [0.1, 0.15) is 0 Å². The molecule has 0 saturated heterocycles. The Morgan fingerprint density at radius 2 is 2.07 bits per heavy atom. The van der Waals surface area contributed by atoms with Crippen LogP contribution >= 0.6 is 0 Å². The molecule has 0 radical (unpaired) electrons. The summed E-state index contributed by atoms with van der Waals surface area (Å²) >= 11 is 0. The van der Waals surface area contributed by atoms with Crippen LogP contribution in [0, 0.1) is 17.8 Å². The molecule has 1 unspecified atom stereocenters. The van der Waals surface area contributed by atoms with Crippen molar-refractivity contribution in [1.82, 2.24) is 9.97 Å². The number of rotatable bonds is 2. The van der Waals surface area contributed by atoms with E-state index in [1.165, 1.54) is 44.2 Å². The van der Waals surface area contributed by atoms with Gasteiger partial charge in [0.2, 0.25) is 0 Å². The van der Waals surface area contributed by atoms with Crippen molar-refractivity contribution in [1.29, 1.82) is 0 Å². The van der Waals surface area contributed by atoms with Crippen LogP contribution in [0.25, 0.3) is 0 Å². The highest BCUT2D eigenvalue weighted by molar-refractivity contribution is 4.99. The molecule has 1 aromatic heterocycles. The highest BCUT2D eigenvalue weighted by Gasteiger charge is 2.37. The van der Waals surface area contributed by atoms with Gasteiger partial charge in [-0.2, -0.15) is 0 Å². The number of H-pyrrole nitrogens is 1. The minimum absolute atomic E-state index is 0.925. The van der Waals surface area contributed by atoms with Crippen LogP contribution in [0.2, 0.25) is 0 Å². The Balaban J connectivity index is 1.61. The molecule has 1 aromatic rings. The van der Waals surface area contributed by atoms with Crippen molar-refractivity contribution < 1.29 is 0 Å². The van der Waals surface area contributed by atoms with E-state index < -0.39 is 0 Å². The lowest BCUT2D eigenvalue weighted by molar-refractivity contribution is 0.457. The highest BCUT2D eigenvalue weighted by Crippen LogP contribution is 2.47. The molecule has 2 nitrogen and oxygen atoms in total. The number of hydrogen-bond acceptors (Lipinski definition) is 1. The Bertz CT molecular complexity index is 279. The van der Waals surface area contributed by atoms with Gasteiger partial charge in [0.25, 0.3) is 0 Å². The Morgan fingerprint density at radius 1 is 1.29 bits per heavy atom. The van der Waals surface area contributed by atoms with Crippen LogP contribution in [0.4, 0.5) is 0 Å². The molecule has 0 bridgehead atoms. The monoisotopic (exact) mass is 190 g/mol. The van der Waals surface area contributed by atoms with Gasteiger partial charge in [-0.25, -0.2) is 4.98 Å². The number of fused-ring (bicyclic) bond motifs is 1. The molecule has 0 aromatic carbocycles. The van der Waals surface area contributed by atoms with E-state index in [9.17, 15) is 0 Å². The van der Waals surface area contributed by atoms with Crippen LogP contribution in [0.15, 0.2) is 12.5 Å². The lowest BCUT2D eigenvalue weighted by Gasteiger charge is -2.08. The number of aromatic nitrogens is 2. The van der Waals surface area contributed by atoms with E-state index in [0.29, 0.717) is 0 Å². The summed E-state index contributed by atoms with van der Waals surface area (Å²) in [5.74, 6) is 3.06. The van der Waals surface area contributed by atoms with Crippen molar-refractivity contribution >= 4 is 0 Å². The zero-order valence-corrected chi connectivity index (χ0v) is 8.58. The summed E-state index contributed by atoms with van der Waals surface area (Å²) in [7, 11) is 0. The predicted molar refractivity (Wildman–Crippen MR) is 55.8 cm³/mol. The molecule has 2 aliphatic rings. The van der Waals surface area contributed by atoms with Crippen LogP contribution in [0.1, 0.15) is 37.8 Å². The van der Waals surface area contributed by atoms with Crippen LogP contribution in [-0.2, 0) is 6.42 Å². The van der Waals surface area contributed by atoms with E-state index in [1.807, 2.05) is 6.20 Å². The Kier molecular flexibility index (Phi) is 2.07. The smallest absolute Gasteiger partial charge is 0.0923 e. The molecule has 3 rings (SSSR count). The molecule has 1 N–H and O–H groups in total. The lowest BCUT2D eigenvalue weighted by atomic mass is 9.98. The van der Waals surface area contributed by atoms with E-state index >= 15 is 0 Å². The van der Waals surface area contributed by atoms with E-state index in [4.69, 9.17) is 0 Å². The quantitative estimate of drug-likeness (QED) is 0.763. The topological polar surface area (TPSA) is 28.7 Å². The summed E-state index contributed by atoms with van der Waals surface area (Å²) in [6.07, 6.45) is 12.5. The lowest BCUT2D eigenvalue weighted by Crippen LogP contribution is -2.01. The van der Waals surface area contributed by atoms with Gasteiger partial charge in [0, 0.05) is 6.20 Å². The largest absolute Gasteiger partial charge is 0.351 e. The Morgan fingerprint density at radius 3 is 2.71 bits per heavy atom. The van der Waals surface area contributed by atoms with Gasteiger partial charge < -0.3 is 4.98 Å². The molecule has 0 amide bonds. The average Bonchev–Trinajstić information content (AvgIpc) is 2.78. The first kappa shape index (κ1) is 8.51. The molecule has 1 heterocycles. The molecule has 2 saturated carbocycles. The maximum Gasteiger partial charge on any atom is 0.0923 e. The summed E-state index contributed by atoms with van der Waals surface area (Å²) in [5.41, 5.74) is 1.26. The molecule has 14 heavy (non-hydrogen) atoms. The third kappa shape index (κ3) is 1.47. The number of hydrogen-bond donors (Lipinski definition) is 1. The standard InChI is InChI=1S/C12H18N2/c1-2-10-4-9(5-11(10)3-1)6-12-7-13-8-14-12/h7-11H,1-6H2,(H,13,14)/t9?,10-,11+. The summed E-state index contributed by atoms with van der Waals surface area (Å²) in [5, 5.41) is 0. The Hall–Kier alpha value is -0.790. The molecule has 3 atom stereocenters. The van der Waals surface area contributed by atoms with Crippen molar-refractivity contribution in [3.8, 4) is 0 Å². The SMILES string of the molecule is c1nc(CC2C[C@H]3CCC[C@H]3C2)c[nH]1. The van der Waals surface area contributed by atoms with E-state index in [0.717, 1.165) is 17.8 Å². The fraction of sp³-hybridized carbons (Fsp3) is 0.750. The molecule has 2 heteroatoms. The van der Waals surface area contributed by atoms with Gasteiger partial charge >= 0.3 is 0 Å². The Labute approximate surface area is 85.1 Å². The zero-order valence-electron chi connectivity index (χ0n) is 8.58.